The van der Waals surface area contributed by atoms with E-state index < -0.39 is 0 Å². The summed E-state index contributed by atoms with van der Waals surface area (Å²) in [7, 11) is 0. The second-order valence-electron chi connectivity index (χ2n) is 8.17. The van der Waals surface area contributed by atoms with E-state index in [1.807, 2.05) is 12.3 Å². The maximum absolute atomic E-state index is 5.82. The average molecular weight is 403 g/mol. The first kappa shape index (κ1) is 18.4. The molecule has 3 heterocycles. The van der Waals surface area contributed by atoms with Gasteiger partial charge in [-0.1, -0.05) is 36.4 Å². The van der Waals surface area contributed by atoms with Crippen LogP contribution in [0.25, 0.3) is 0 Å². The number of benzene rings is 1. The summed E-state index contributed by atoms with van der Waals surface area (Å²) in [6, 6.07) is 19.9. The lowest BCUT2D eigenvalue weighted by Gasteiger charge is -2.28. The minimum absolute atomic E-state index is 0.0422. The number of aromatic nitrogens is 2. The van der Waals surface area contributed by atoms with Crippen LogP contribution in [0.2, 0.25) is 0 Å². The molecule has 1 saturated heterocycles. The minimum Gasteiger partial charge on any atom is -0.352 e. The van der Waals surface area contributed by atoms with Gasteiger partial charge in [0.2, 0.25) is 0 Å². The highest BCUT2D eigenvalue weighted by atomic mass is 32.1. The highest BCUT2D eigenvalue weighted by Crippen LogP contribution is 2.45. The molecule has 1 aliphatic carbocycles. The van der Waals surface area contributed by atoms with Crippen LogP contribution in [0.4, 0.5) is 0 Å². The van der Waals surface area contributed by atoms with Gasteiger partial charge in [-0.05, 0) is 68.2 Å². The van der Waals surface area contributed by atoms with Crippen LogP contribution in [-0.4, -0.2) is 19.6 Å². The van der Waals surface area contributed by atoms with Crippen LogP contribution < -0.4 is 5.32 Å². The number of pyridine rings is 1. The van der Waals surface area contributed by atoms with Gasteiger partial charge in [-0.25, -0.2) is 0 Å². The molecule has 29 heavy (non-hydrogen) atoms. The van der Waals surface area contributed by atoms with Crippen molar-refractivity contribution >= 4 is 17.3 Å². The van der Waals surface area contributed by atoms with Gasteiger partial charge in [0.05, 0.1) is 17.8 Å². The maximum Gasteiger partial charge on any atom is 0.170 e. The van der Waals surface area contributed by atoms with Gasteiger partial charge in [0.15, 0.2) is 5.11 Å². The van der Waals surface area contributed by atoms with Crippen molar-refractivity contribution in [3.8, 4) is 0 Å². The number of hydrogen-bond acceptors (Lipinski definition) is 2. The molecule has 1 N–H and O–H groups in total. The summed E-state index contributed by atoms with van der Waals surface area (Å²) in [6.45, 7) is 5.28. The van der Waals surface area contributed by atoms with Gasteiger partial charge in [0.25, 0.3) is 0 Å². The predicted octanol–water partition coefficient (Wildman–Crippen LogP) is 5.01. The van der Waals surface area contributed by atoms with E-state index in [2.05, 4.69) is 82.1 Å². The minimum atomic E-state index is 0.0422. The average Bonchev–Trinajstić information content (AvgIpc) is 3.46. The highest BCUT2D eigenvalue weighted by Gasteiger charge is 2.42. The zero-order chi connectivity index (χ0) is 20.0. The molecule has 0 amide bonds. The van der Waals surface area contributed by atoms with E-state index in [4.69, 9.17) is 12.2 Å². The van der Waals surface area contributed by atoms with Gasteiger partial charge >= 0.3 is 0 Å². The van der Waals surface area contributed by atoms with E-state index in [-0.39, 0.29) is 12.1 Å². The molecule has 5 heteroatoms. The Balaban J connectivity index is 1.59. The monoisotopic (exact) mass is 402 g/mol. The van der Waals surface area contributed by atoms with Crippen molar-refractivity contribution in [3.05, 3.63) is 89.0 Å². The molecule has 2 aromatic heterocycles. The lowest BCUT2D eigenvalue weighted by molar-refractivity contribution is 0.309. The molecule has 2 atom stereocenters. The standard InChI is InChI=1S/C24H26N4S/c1-16-14-20(17(2)28(16)19-11-12-19)23-22(21-10-6-7-13-25-21)26-24(29)27(23)15-18-8-4-3-5-9-18/h3-10,13-14,19,22-23H,11-12,15H2,1-2H3,(H,26,29)/t22-,23-/m0/s1. The third-order valence-electron chi connectivity index (χ3n) is 6.15. The van der Waals surface area contributed by atoms with Gasteiger partial charge in [0.1, 0.15) is 0 Å². The van der Waals surface area contributed by atoms with Crippen molar-refractivity contribution < 1.29 is 0 Å². The van der Waals surface area contributed by atoms with Crippen LogP contribution in [0.3, 0.4) is 0 Å². The van der Waals surface area contributed by atoms with Crippen molar-refractivity contribution in [1.29, 1.82) is 0 Å². The molecule has 5 rings (SSSR count). The topological polar surface area (TPSA) is 33.1 Å². The molecule has 1 aliphatic heterocycles. The number of thiocarbonyl (C=S) groups is 1. The lowest BCUT2D eigenvalue weighted by atomic mass is 9.96. The summed E-state index contributed by atoms with van der Waals surface area (Å²) < 4.78 is 2.52. The Labute approximate surface area is 177 Å². The SMILES string of the molecule is Cc1cc([C@H]2[C@H](c3ccccn3)NC(=S)N2Cc2ccccc2)c(C)n1C1CC1. The zero-order valence-electron chi connectivity index (χ0n) is 16.9. The Morgan fingerprint density at radius 2 is 1.83 bits per heavy atom. The third-order valence-corrected chi connectivity index (χ3v) is 6.50. The maximum atomic E-state index is 5.82. The largest absolute Gasteiger partial charge is 0.352 e. The predicted molar refractivity (Wildman–Crippen MR) is 120 cm³/mol. The molecule has 148 valence electrons. The summed E-state index contributed by atoms with van der Waals surface area (Å²) >= 11 is 5.82. The summed E-state index contributed by atoms with van der Waals surface area (Å²) in [5, 5.41) is 4.37. The van der Waals surface area contributed by atoms with E-state index in [9.17, 15) is 0 Å². The summed E-state index contributed by atoms with van der Waals surface area (Å²) in [6.07, 6.45) is 4.44. The molecule has 0 bridgehead atoms. The Bertz CT molecular complexity index is 1020. The van der Waals surface area contributed by atoms with Crippen LogP contribution in [-0.2, 0) is 6.54 Å². The van der Waals surface area contributed by atoms with E-state index in [1.165, 1.54) is 35.4 Å². The van der Waals surface area contributed by atoms with Crippen molar-refractivity contribution in [2.75, 3.05) is 0 Å². The second kappa shape index (κ2) is 7.30. The van der Waals surface area contributed by atoms with Gasteiger partial charge in [-0.3, -0.25) is 4.98 Å². The Kier molecular flexibility index (Phi) is 4.63. The first-order valence-corrected chi connectivity index (χ1v) is 10.7. The highest BCUT2D eigenvalue weighted by molar-refractivity contribution is 7.80. The van der Waals surface area contributed by atoms with E-state index in [0.29, 0.717) is 6.04 Å². The van der Waals surface area contributed by atoms with Crippen LogP contribution in [0.5, 0.6) is 0 Å². The van der Waals surface area contributed by atoms with Crippen LogP contribution in [0, 0.1) is 13.8 Å². The molecule has 0 unspecified atom stereocenters. The van der Waals surface area contributed by atoms with Crippen molar-refractivity contribution in [1.82, 2.24) is 19.8 Å². The fourth-order valence-electron chi connectivity index (χ4n) is 4.69. The second-order valence-corrected chi connectivity index (χ2v) is 8.55. The smallest absolute Gasteiger partial charge is 0.170 e. The van der Waals surface area contributed by atoms with E-state index >= 15 is 0 Å². The molecule has 1 aromatic carbocycles. The van der Waals surface area contributed by atoms with E-state index in [1.54, 1.807) is 0 Å². The van der Waals surface area contributed by atoms with Gasteiger partial charge in [-0.15, -0.1) is 0 Å². The summed E-state index contributed by atoms with van der Waals surface area (Å²) in [5.74, 6) is 0. The molecule has 2 aliphatic rings. The molecular weight excluding hydrogens is 376 g/mol. The third kappa shape index (κ3) is 3.33. The first-order valence-electron chi connectivity index (χ1n) is 10.3. The Hall–Kier alpha value is -2.66. The molecule has 0 spiro atoms. The molecule has 3 aromatic rings. The van der Waals surface area contributed by atoms with Crippen LogP contribution >= 0.6 is 12.2 Å². The summed E-state index contributed by atoms with van der Waals surface area (Å²) in [4.78, 5) is 7.00. The first-order chi connectivity index (χ1) is 14.1. The molecule has 0 radical (unpaired) electrons. The fourth-order valence-corrected chi connectivity index (χ4v) is 5.00. The van der Waals surface area contributed by atoms with Gasteiger partial charge in [-0.2, -0.15) is 0 Å². The van der Waals surface area contributed by atoms with Crippen molar-refractivity contribution in [2.45, 2.75) is 51.4 Å². The Morgan fingerprint density at radius 3 is 2.52 bits per heavy atom. The van der Waals surface area contributed by atoms with Crippen LogP contribution in [0.1, 0.15) is 59.2 Å². The number of rotatable bonds is 5. The van der Waals surface area contributed by atoms with Gasteiger partial charge in [0, 0.05) is 30.2 Å². The molecule has 1 saturated carbocycles. The number of nitrogens with zero attached hydrogens (tertiary/aromatic N) is 3. The van der Waals surface area contributed by atoms with Gasteiger partial charge < -0.3 is 14.8 Å². The number of nitrogens with one attached hydrogen (secondary N) is 1. The zero-order valence-corrected chi connectivity index (χ0v) is 17.7. The molecule has 2 fully saturated rings. The number of aryl methyl sites for hydroxylation is 1. The summed E-state index contributed by atoms with van der Waals surface area (Å²) in [5.41, 5.74) is 6.36. The van der Waals surface area contributed by atoms with Crippen molar-refractivity contribution in [2.24, 2.45) is 0 Å². The molecule has 4 nitrogen and oxygen atoms in total. The normalized spacial score (nSPS) is 21.4. The molecular formula is C24H26N4S. The fraction of sp³-hybridized carbons (Fsp3) is 0.333. The number of hydrogen-bond donors (Lipinski definition) is 1. The van der Waals surface area contributed by atoms with Crippen LogP contribution in [0.15, 0.2) is 60.8 Å². The quantitative estimate of drug-likeness (QED) is 0.608. The van der Waals surface area contributed by atoms with Crippen molar-refractivity contribution in [3.63, 3.8) is 0 Å². The Morgan fingerprint density at radius 1 is 1.07 bits per heavy atom. The lowest BCUT2D eigenvalue weighted by Crippen LogP contribution is -2.29. The van der Waals surface area contributed by atoms with E-state index in [0.717, 1.165) is 17.4 Å².